The number of carbonyl (C=O) groups is 2. The Morgan fingerprint density at radius 1 is 1.00 bits per heavy atom. The number of hydrogen-bond acceptors (Lipinski definition) is 4. The highest BCUT2D eigenvalue weighted by molar-refractivity contribution is 6.30. The number of nitrogens with zero attached hydrogens (tertiary/aromatic N) is 2. The lowest BCUT2D eigenvalue weighted by Crippen LogP contribution is -2.61. The van der Waals surface area contributed by atoms with Crippen molar-refractivity contribution < 1.29 is 9.59 Å². The molecule has 0 spiro atoms. The number of benzene rings is 3. The number of halogens is 1. The van der Waals surface area contributed by atoms with Crippen LogP contribution in [0.15, 0.2) is 66.7 Å². The summed E-state index contributed by atoms with van der Waals surface area (Å²) in [5, 5.41) is 5.84. The molecule has 2 amide bonds. The van der Waals surface area contributed by atoms with Crippen LogP contribution >= 0.6 is 11.6 Å². The average molecular weight is 493 g/mol. The van der Waals surface area contributed by atoms with E-state index in [0.29, 0.717) is 37.5 Å². The van der Waals surface area contributed by atoms with Crippen LogP contribution in [0.25, 0.3) is 10.8 Å². The first-order valence-electron chi connectivity index (χ1n) is 12.1. The molecule has 0 radical (unpaired) electrons. The van der Waals surface area contributed by atoms with Crippen molar-refractivity contribution in [2.75, 3.05) is 26.7 Å². The fourth-order valence-electron chi connectivity index (χ4n) is 4.91. The van der Waals surface area contributed by atoms with Crippen molar-refractivity contribution in [3.63, 3.8) is 0 Å². The maximum absolute atomic E-state index is 13.1. The summed E-state index contributed by atoms with van der Waals surface area (Å²) in [6.07, 6.45) is 1.08. The van der Waals surface area contributed by atoms with Gasteiger partial charge in [0, 0.05) is 37.7 Å². The van der Waals surface area contributed by atoms with Crippen molar-refractivity contribution in [2.45, 2.75) is 37.9 Å². The van der Waals surface area contributed by atoms with Crippen LogP contribution in [0.5, 0.6) is 0 Å². The molecule has 0 aliphatic carbocycles. The molecule has 3 aromatic carbocycles. The second-order valence-corrected chi connectivity index (χ2v) is 9.76. The van der Waals surface area contributed by atoms with Gasteiger partial charge in [0.05, 0.1) is 12.1 Å². The summed E-state index contributed by atoms with van der Waals surface area (Å²) in [6, 6.07) is 21.0. The fraction of sp³-hybridized carbons (Fsp3) is 0.357. The maximum atomic E-state index is 13.1. The molecule has 3 unspecified atom stereocenters. The molecule has 0 saturated carbocycles. The molecule has 1 fully saturated rings. The van der Waals surface area contributed by atoms with Gasteiger partial charge in [-0.25, -0.2) is 0 Å². The van der Waals surface area contributed by atoms with Crippen molar-refractivity contribution in [3.8, 4) is 0 Å². The Bertz CT molecular complexity index is 1180. The van der Waals surface area contributed by atoms with E-state index in [4.69, 9.17) is 17.3 Å². The molecule has 7 heteroatoms. The Balaban J connectivity index is 1.42. The van der Waals surface area contributed by atoms with Crippen LogP contribution in [0.3, 0.4) is 0 Å². The predicted octanol–water partition coefficient (Wildman–Crippen LogP) is 3.25. The van der Waals surface area contributed by atoms with Gasteiger partial charge in [0.25, 0.3) is 0 Å². The summed E-state index contributed by atoms with van der Waals surface area (Å²) in [5.41, 5.74) is 8.39. The van der Waals surface area contributed by atoms with Gasteiger partial charge >= 0.3 is 0 Å². The molecule has 1 aliphatic rings. The first-order valence-corrected chi connectivity index (χ1v) is 12.5. The topological polar surface area (TPSA) is 78.7 Å². The number of carbonyl (C=O) groups excluding carboxylic acids is 2. The summed E-state index contributed by atoms with van der Waals surface area (Å²) in [6.45, 7) is 3.80. The molecule has 3 aromatic rings. The molecular formula is C28H33ClN4O2. The Hall–Kier alpha value is -2.93. The fourth-order valence-corrected chi connectivity index (χ4v) is 5.04. The number of amides is 2. The molecule has 1 saturated heterocycles. The van der Waals surface area contributed by atoms with Crippen LogP contribution in [0, 0.1) is 0 Å². The highest BCUT2D eigenvalue weighted by Crippen LogP contribution is 2.21. The van der Waals surface area contributed by atoms with Gasteiger partial charge in [-0.1, -0.05) is 66.2 Å². The Morgan fingerprint density at radius 2 is 1.69 bits per heavy atom. The quantitative estimate of drug-likeness (QED) is 0.530. The van der Waals surface area contributed by atoms with Gasteiger partial charge in [-0.05, 0) is 53.8 Å². The van der Waals surface area contributed by atoms with E-state index >= 15 is 0 Å². The van der Waals surface area contributed by atoms with Crippen LogP contribution in [0.4, 0.5) is 0 Å². The van der Waals surface area contributed by atoms with E-state index in [1.165, 1.54) is 10.8 Å². The van der Waals surface area contributed by atoms with E-state index in [1.54, 1.807) is 7.05 Å². The first kappa shape index (κ1) is 25.2. The maximum Gasteiger partial charge on any atom is 0.240 e. The third kappa shape index (κ3) is 6.01. The molecule has 6 nitrogen and oxygen atoms in total. The normalized spacial score (nSPS) is 18.3. The molecule has 1 heterocycles. The lowest BCUT2D eigenvalue weighted by Gasteiger charge is -2.43. The van der Waals surface area contributed by atoms with Crippen LogP contribution < -0.4 is 11.1 Å². The van der Waals surface area contributed by atoms with Crippen LogP contribution in [-0.4, -0.2) is 66.4 Å². The smallest absolute Gasteiger partial charge is 0.240 e. The monoisotopic (exact) mass is 492 g/mol. The van der Waals surface area contributed by atoms with Crippen LogP contribution in [0.1, 0.15) is 18.1 Å². The highest BCUT2D eigenvalue weighted by Gasteiger charge is 2.35. The number of fused-ring (bicyclic) bond motifs is 1. The van der Waals surface area contributed by atoms with Crippen LogP contribution in [0.2, 0.25) is 5.02 Å². The lowest BCUT2D eigenvalue weighted by molar-refractivity contribution is -0.138. The second kappa shape index (κ2) is 11.2. The Labute approximate surface area is 212 Å². The number of piperazine rings is 1. The standard InChI is InChI=1S/C28H33ClN4O2/c1-19-18-32(13-14-33(19)28(35)25(30)16-20-8-11-24(29)12-9-20)26(27(34)31-2)17-21-7-10-22-5-3-4-6-23(22)15-21/h3-12,15,19,25-26H,13-14,16-18,30H2,1-2H3,(H,31,34). The minimum atomic E-state index is -0.613. The minimum absolute atomic E-state index is 0.00965. The Kier molecular flexibility index (Phi) is 8.06. The third-order valence-corrected chi connectivity index (χ3v) is 7.11. The van der Waals surface area contributed by atoms with Crippen molar-refractivity contribution >= 4 is 34.2 Å². The zero-order valence-corrected chi connectivity index (χ0v) is 21.0. The van der Waals surface area contributed by atoms with E-state index in [1.807, 2.05) is 48.2 Å². The number of likely N-dealkylation sites (N-methyl/N-ethyl adjacent to an activating group) is 1. The first-order chi connectivity index (χ1) is 16.9. The van der Waals surface area contributed by atoms with Gasteiger partial charge < -0.3 is 16.0 Å². The van der Waals surface area contributed by atoms with E-state index in [9.17, 15) is 9.59 Å². The summed E-state index contributed by atoms with van der Waals surface area (Å²) in [7, 11) is 1.68. The number of hydrogen-bond donors (Lipinski definition) is 2. The minimum Gasteiger partial charge on any atom is -0.358 e. The van der Waals surface area contributed by atoms with Crippen molar-refractivity contribution in [2.24, 2.45) is 5.73 Å². The average Bonchev–Trinajstić information content (AvgIpc) is 2.87. The van der Waals surface area contributed by atoms with Crippen molar-refractivity contribution in [1.29, 1.82) is 0 Å². The van der Waals surface area contributed by atoms with E-state index < -0.39 is 6.04 Å². The molecule has 3 atom stereocenters. The number of nitrogens with two attached hydrogens (primary N) is 1. The van der Waals surface area contributed by atoms with E-state index in [-0.39, 0.29) is 23.9 Å². The number of rotatable bonds is 7. The SMILES string of the molecule is CNC(=O)C(Cc1ccc2ccccc2c1)N1CCN(C(=O)C(N)Cc2ccc(Cl)cc2)C(C)C1. The van der Waals surface area contributed by atoms with Gasteiger partial charge in [0.2, 0.25) is 11.8 Å². The lowest BCUT2D eigenvalue weighted by atomic mass is 9.98. The highest BCUT2D eigenvalue weighted by atomic mass is 35.5. The van der Waals surface area contributed by atoms with Gasteiger partial charge in [0.15, 0.2) is 0 Å². The predicted molar refractivity (Wildman–Crippen MR) is 141 cm³/mol. The van der Waals surface area contributed by atoms with Crippen LogP contribution in [-0.2, 0) is 22.4 Å². The summed E-state index contributed by atoms with van der Waals surface area (Å²) in [5.74, 6) is -0.0669. The molecule has 1 aliphatic heterocycles. The van der Waals surface area contributed by atoms with Crippen molar-refractivity contribution in [1.82, 2.24) is 15.1 Å². The van der Waals surface area contributed by atoms with E-state index in [2.05, 4.69) is 40.5 Å². The molecule has 35 heavy (non-hydrogen) atoms. The summed E-state index contributed by atoms with van der Waals surface area (Å²) in [4.78, 5) is 30.1. The number of nitrogens with one attached hydrogen (secondary N) is 1. The van der Waals surface area contributed by atoms with Gasteiger partial charge in [0.1, 0.15) is 0 Å². The van der Waals surface area contributed by atoms with Crippen molar-refractivity contribution in [3.05, 3.63) is 82.9 Å². The molecule has 0 aromatic heterocycles. The largest absolute Gasteiger partial charge is 0.358 e. The molecule has 184 valence electrons. The molecule has 3 N–H and O–H groups in total. The van der Waals surface area contributed by atoms with Gasteiger partial charge in [-0.2, -0.15) is 0 Å². The molecular weight excluding hydrogens is 460 g/mol. The van der Waals surface area contributed by atoms with Gasteiger partial charge in [-0.15, -0.1) is 0 Å². The zero-order chi connectivity index (χ0) is 24.9. The van der Waals surface area contributed by atoms with Gasteiger partial charge in [-0.3, -0.25) is 14.5 Å². The third-order valence-electron chi connectivity index (χ3n) is 6.86. The van der Waals surface area contributed by atoms with E-state index in [0.717, 1.165) is 11.1 Å². The second-order valence-electron chi connectivity index (χ2n) is 9.33. The Morgan fingerprint density at radius 3 is 2.37 bits per heavy atom. The molecule has 4 rings (SSSR count). The summed E-state index contributed by atoms with van der Waals surface area (Å²) >= 11 is 5.96. The molecule has 0 bridgehead atoms. The zero-order valence-electron chi connectivity index (χ0n) is 20.3. The summed E-state index contributed by atoms with van der Waals surface area (Å²) < 4.78 is 0.